The van der Waals surface area contributed by atoms with Gasteiger partial charge in [0.1, 0.15) is 0 Å². The van der Waals surface area contributed by atoms with Crippen molar-refractivity contribution in [3.8, 4) is 0 Å². The molecule has 4 heteroatoms. The lowest BCUT2D eigenvalue weighted by Crippen LogP contribution is -2.29. The van der Waals surface area contributed by atoms with Crippen molar-refractivity contribution >= 4 is 11.3 Å². The van der Waals surface area contributed by atoms with Gasteiger partial charge in [-0.25, -0.2) is 4.31 Å². The van der Waals surface area contributed by atoms with Crippen molar-refractivity contribution in [2.45, 2.75) is 13.3 Å². The summed E-state index contributed by atoms with van der Waals surface area (Å²) in [6, 6.07) is 0. The molecule has 3 nitrogen and oxygen atoms in total. The first kappa shape index (κ1) is 7.91. The molecule has 58 valence electrons. The van der Waals surface area contributed by atoms with E-state index in [1.807, 2.05) is 13.0 Å². The molecule has 0 spiro atoms. The summed E-state index contributed by atoms with van der Waals surface area (Å²) >= 11 is -2.03. The summed E-state index contributed by atoms with van der Waals surface area (Å²) in [5.74, 6) is 0. The monoisotopic (exact) mass is 160 g/mol. The molecule has 0 N–H and O–H groups in total. The Hall–Kier alpha value is -0.190. The average Bonchev–Trinajstić information content (AvgIpc) is 1.88. The minimum Gasteiger partial charge on any atom is -0.760 e. The summed E-state index contributed by atoms with van der Waals surface area (Å²) in [5, 5.41) is 0. The van der Waals surface area contributed by atoms with Crippen LogP contribution < -0.4 is 0 Å². The van der Waals surface area contributed by atoms with Gasteiger partial charge < -0.3 is 4.55 Å². The van der Waals surface area contributed by atoms with Gasteiger partial charge in [-0.2, -0.15) is 0 Å². The second kappa shape index (κ2) is 3.27. The third-order valence-electron chi connectivity index (χ3n) is 1.61. The smallest absolute Gasteiger partial charge is 0.0285 e. The summed E-state index contributed by atoms with van der Waals surface area (Å²) in [5.41, 5.74) is 1.28. The Morgan fingerprint density at radius 3 is 2.90 bits per heavy atom. The fraction of sp³-hybridized carbons (Fsp3) is 0.667. The van der Waals surface area contributed by atoms with E-state index in [9.17, 15) is 8.76 Å². The minimum atomic E-state index is -2.03. The lowest BCUT2D eigenvalue weighted by Gasteiger charge is -2.26. The Morgan fingerprint density at radius 1 is 1.80 bits per heavy atom. The van der Waals surface area contributed by atoms with Crippen molar-refractivity contribution in [2.75, 3.05) is 13.1 Å². The lowest BCUT2D eigenvalue weighted by atomic mass is 10.1. The van der Waals surface area contributed by atoms with E-state index < -0.39 is 11.3 Å². The SMILES string of the molecule is CC1=CCN(S(=O)[O-])CC1. The molecule has 1 atom stereocenters. The van der Waals surface area contributed by atoms with Gasteiger partial charge in [0, 0.05) is 24.4 Å². The third-order valence-corrected chi connectivity index (χ3v) is 2.36. The van der Waals surface area contributed by atoms with Crippen molar-refractivity contribution in [1.29, 1.82) is 0 Å². The number of nitrogens with zero attached hydrogens (tertiary/aromatic N) is 1. The highest BCUT2D eigenvalue weighted by Crippen LogP contribution is 2.09. The molecule has 10 heavy (non-hydrogen) atoms. The van der Waals surface area contributed by atoms with E-state index in [0.717, 1.165) is 6.42 Å². The van der Waals surface area contributed by atoms with Crippen LogP contribution in [0.2, 0.25) is 0 Å². The van der Waals surface area contributed by atoms with Crippen LogP contribution in [0.25, 0.3) is 0 Å². The van der Waals surface area contributed by atoms with E-state index in [4.69, 9.17) is 0 Å². The van der Waals surface area contributed by atoms with E-state index in [0.29, 0.717) is 13.1 Å². The molecule has 0 aromatic carbocycles. The van der Waals surface area contributed by atoms with Gasteiger partial charge in [-0.3, -0.25) is 4.21 Å². The third kappa shape index (κ3) is 1.90. The van der Waals surface area contributed by atoms with Gasteiger partial charge in [-0.1, -0.05) is 11.6 Å². The molecule has 0 saturated carbocycles. The number of hydrogen-bond acceptors (Lipinski definition) is 2. The van der Waals surface area contributed by atoms with E-state index in [-0.39, 0.29) is 0 Å². The first-order valence-electron chi connectivity index (χ1n) is 3.20. The number of rotatable bonds is 1. The van der Waals surface area contributed by atoms with E-state index in [1.165, 1.54) is 9.88 Å². The van der Waals surface area contributed by atoms with E-state index in [2.05, 4.69) is 0 Å². The average molecular weight is 160 g/mol. The van der Waals surface area contributed by atoms with E-state index in [1.54, 1.807) is 0 Å². The highest BCUT2D eigenvalue weighted by atomic mass is 32.2. The predicted octanol–water partition coefficient (Wildman–Crippen LogP) is 0.432. The molecule has 0 fully saturated rings. The Bertz CT molecular complexity index is 179. The van der Waals surface area contributed by atoms with Crippen LogP contribution in [0.4, 0.5) is 0 Å². The van der Waals surface area contributed by atoms with Gasteiger partial charge in [-0.15, -0.1) is 0 Å². The van der Waals surface area contributed by atoms with Gasteiger partial charge in [0.15, 0.2) is 0 Å². The summed E-state index contributed by atoms with van der Waals surface area (Å²) in [6.45, 7) is 3.20. The standard InChI is InChI=1S/C6H11NO2S/c1-6-2-4-7(5-3-6)10(8)9/h2H,3-5H2,1H3,(H,8,9)/p-1. The first-order valence-corrected chi connectivity index (χ1v) is 4.23. The van der Waals surface area contributed by atoms with Crippen LogP contribution in [0.3, 0.4) is 0 Å². The van der Waals surface area contributed by atoms with Gasteiger partial charge in [0.05, 0.1) is 0 Å². The van der Waals surface area contributed by atoms with Crippen molar-refractivity contribution < 1.29 is 8.76 Å². The first-order chi connectivity index (χ1) is 4.70. The van der Waals surface area contributed by atoms with Crippen LogP contribution in [-0.4, -0.2) is 26.2 Å². The van der Waals surface area contributed by atoms with Crippen molar-refractivity contribution in [3.05, 3.63) is 11.6 Å². The topological polar surface area (TPSA) is 43.4 Å². The molecule has 0 bridgehead atoms. The second-order valence-corrected chi connectivity index (χ2v) is 3.36. The molecular formula is C6H10NO2S-. The molecular weight excluding hydrogens is 150 g/mol. The highest BCUT2D eigenvalue weighted by Gasteiger charge is 2.07. The molecule has 0 aliphatic carbocycles. The van der Waals surface area contributed by atoms with Crippen molar-refractivity contribution in [3.63, 3.8) is 0 Å². The molecule has 1 aliphatic rings. The quantitative estimate of drug-likeness (QED) is 0.412. The Balaban J connectivity index is 2.50. The van der Waals surface area contributed by atoms with Crippen LogP contribution in [0.1, 0.15) is 13.3 Å². The summed E-state index contributed by atoms with van der Waals surface area (Å²) in [4.78, 5) is 0. The maximum atomic E-state index is 10.4. The number of hydrogen-bond donors (Lipinski definition) is 0. The molecule has 1 aliphatic heterocycles. The Labute approximate surface area is 63.1 Å². The minimum absolute atomic E-state index is 0.544. The van der Waals surface area contributed by atoms with Crippen molar-refractivity contribution in [1.82, 2.24) is 4.31 Å². The molecule has 1 unspecified atom stereocenters. The Morgan fingerprint density at radius 2 is 2.50 bits per heavy atom. The van der Waals surface area contributed by atoms with E-state index >= 15 is 0 Å². The fourth-order valence-corrected chi connectivity index (χ4v) is 1.32. The lowest BCUT2D eigenvalue weighted by molar-refractivity contribution is 0.404. The molecule has 1 rings (SSSR count). The molecule has 0 radical (unpaired) electrons. The Kier molecular flexibility index (Phi) is 2.59. The second-order valence-electron chi connectivity index (χ2n) is 2.41. The largest absolute Gasteiger partial charge is 0.760 e. The summed E-state index contributed by atoms with van der Waals surface area (Å²) in [7, 11) is 0. The molecule has 0 aromatic heterocycles. The predicted molar refractivity (Wildman–Crippen MR) is 38.9 cm³/mol. The van der Waals surface area contributed by atoms with Gasteiger partial charge in [-0.05, 0) is 13.3 Å². The summed E-state index contributed by atoms with van der Waals surface area (Å²) < 4.78 is 22.1. The summed E-state index contributed by atoms with van der Waals surface area (Å²) in [6.07, 6.45) is 2.81. The maximum Gasteiger partial charge on any atom is 0.0285 e. The molecule has 0 aromatic rings. The molecule has 0 amide bonds. The zero-order valence-corrected chi connectivity index (χ0v) is 6.69. The van der Waals surface area contributed by atoms with Gasteiger partial charge in [0.2, 0.25) is 0 Å². The van der Waals surface area contributed by atoms with Crippen LogP contribution in [0.15, 0.2) is 11.6 Å². The van der Waals surface area contributed by atoms with Crippen LogP contribution in [0.5, 0.6) is 0 Å². The van der Waals surface area contributed by atoms with Crippen LogP contribution in [-0.2, 0) is 11.3 Å². The fourth-order valence-electron chi connectivity index (χ4n) is 0.887. The van der Waals surface area contributed by atoms with Gasteiger partial charge >= 0.3 is 0 Å². The highest BCUT2D eigenvalue weighted by molar-refractivity contribution is 7.76. The van der Waals surface area contributed by atoms with Crippen LogP contribution in [0, 0.1) is 0 Å². The molecule has 0 saturated heterocycles. The molecule has 1 heterocycles. The zero-order chi connectivity index (χ0) is 7.56. The zero-order valence-electron chi connectivity index (χ0n) is 5.87. The van der Waals surface area contributed by atoms with Gasteiger partial charge in [0.25, 0.3) is 0 Å². The van der Waals surface area contributed by atoms with Crippen molar-refractivity contribution in [2.24, 2.45) is 0 Å². The van der Waals surface area contributed by atoms with Crippen LogP contribution >= 0.6 is 0 Å². The normalized spacial score (nSPS) is 24.0. The maximum absolute atomic E-state index is 10.4.